The van der Waals surface area contributed by atoms with Crippen LogP contribution in [0.1, 0.15) is 33.6 Å². The van der Waals surface area contributed by atoms with Gasteiger partial charge in [-0.05, 0) is 41.4 Å². The fourth-order valence-electron chi connectivity index (χ4n) is 4.56. The molecule has 1 amide bonds. The van der Waals surface area contributed by atoms with E-state index in [0.717, 1.165) is 5.92 Å². The number of amides is 1. The van der Waals surface area contributed by atoms with Crippen LogP contribution in [0.15, 0.2) is 0 Å². The van der Waals surface area contributed by atoms with Crippen molar-refractivity contribution in [3.8, 4) is 0 Å². The molecular weight excluding hydrogens is 174 g/mol. The predicted molar refractivity (Wildman–Crippen MR) is 54.3 cm³/mol. The van der Waals surface area contributed by atoms with Crippen LogP contribution >= 0.6 is 0 Å². The van der Waals surface area contributed by atoms with Crippen LogP contribution in [0, 0.1) is 34.5 Å². The molecule has 0 aromatic rings. The largest absolute Gasteiger partial charge is 0.369 e. The normalized spacial score (nSPS) is 57.1. The van der Waals surface area contributed by atoms with Crippen molar-refractivity contribution in [3.63, 3.8) is 0 Å². The number of rotatable bonds is 1. The Balaban J connectivity index is 1.94. The van der Waals surface area contributed by atoms with Crippen molar-refractivity contribution < 1.29 is 4.79 Å². The summed E-state index contributed by atoms with van der Waals surface area (Å²) in [6.45, 7) is 7.10. The third-order valence-electron chi connectivity index (χ3n) is 5.95. The van der Waals surface area contributed by atoms with E-state index < -0.39 is 0 Å². The first-order valence-electron chi connectivity index (χ1n) is 5.69. The van der Waals surface area contributed by atoms with Gasteiger partial charge < -0.3 is 5.73 Å². The van der Waals surface area contributed by atoms with E-state index in [0.29, 0.717) is 22.7 Å². The van der Waals surface area contributed by atoms with E-state index in [1.54, 1.807) is 0 Å². The van der Waals surface area contributed by atoms with Crippen molar-refractivity contribution >= 4 is 5.91 Å². The van der Waals surface area contributed by atoms with E-state index in [4.69, 9.17) is 5.73 Å². The van der Waals surface area contributed by atoms with E-state index in [1.165, 1.54) is 12.8 Å². The molecule has 5 atom stereocenters. The molecule has 0 heterocycles. The lowest BCUT2D eigenvalue weighted by atomic mass is 9.40. The molecule has 4 fully saturated rings. The molecule has 0 radical (unpaired) electrons. The van der Waals surface area contributed by atoms with Gasteiger partial charge in [0.25, 0.3) is 0 Å². The maximum Gasteiger partial charge on any atom is 0.221 e. The molecule has 0 aromatic carbocycles. The molecule has 2 bridgehead atoms. The average molecular weight is 193 g/mol. The molecule has 0 aromatic heterocycles. The van der Waals surface area contributed by atoms with Gasteiger partial charge in [-0.2, -0.15) is 0 Å². The van der Waals surface area contributed by atoms with Crippen molar-refractivity contribution in [3.05, 3.63) is 0 Å². The van der Waals surface area contributed by atoms with Gasteiger partial charge in [-0.15, -0.1) is 0 Å². The second-order valence-corrected chi connectivity index (χ2v) is 6.39. The molecule has 4 aliphatic rings. The quantitative estimate of drug-likeness (QED) is 0.678. The van der Waals surface area contributed by atoms with Gasteiger partial charge in [-0.1, -0.05) is 20.8 Å². The Morgan fingerprint density at radius 2 is 2.00 bits per heavy atom. The Morgan fingerprint density at radius 1 is 1.36 bits per heavy atom. The van der Waals surface area contributed by atoms with E-state index >= 15 is 0 Å². The summed E-state index contributed by atoms with van der Waals surface area (Å²) in [5.74, 6) is 2.26. The maximum absolute atomic E-state index is 11.3. The Labute approximate surface area is 85.2 Å². The number of primary amides is 1. The zero-order valence-electron chi connectivity index (χ0n) is 9.21. The number of hydrogen-bond acceptors (Lipinski definition) is 1. The minimum Gasteiger partial charge on any atom is -0.369 e. The highest BCUT2D eigenvalue weighted by molar-refractivity contribution is 5.81. The van der Waals surface area contributed by atoms with Gasteiger partial charge in [0.1, 0.15) is 0 Å². The van der Waals surface area contributed by atoms with Crippen LogP contribution in [0.4, 0.5) is 0 Å². The van der Waals surface area contributed by atoms with E-state index in [2.05, 4.69) is 20.8 Å². The van der Waals surface area contributed by atoms with Crippen LogP contribution in [-0.2, 0) is 4.79 Å². The molecule has 0 saturated heterocycles. The summed E-state index contributed by atoms with van der Waals surface area (Å²) in [5.41, 5.74) is 6.29. The monoisotopic (exact) mass is 193 g/mol. The molecule has 2 heteroatoms. The Morgan fingerprint density at radius 3 is 2.50 bits per heavy atom. The molecule has 14 heavy (non-hydrogen) atoms. The van der Waals surface area contributed by atoms with Crippen molar-refractivity contribution in [2.24, 2.45) is 40.2 Å². The number of carbonyl (C=O) groups is 1. The molecular formula is C12H19NO. The van der Waals surface area contributed by atoms with Gasteiger partial charge in [-0.3, -0.25) is 4.79 Å². The number of carbonyl (C=O) groups excluding carboxylic acids is 1. The lowest BCUT2D eigenvalue weighted by Crippen LogP contribution is -2.57. The minimum atomic E-state index is -0.0513. The third-order valence-corrected chi connectivity index (χ3v) is 5.95. The molecule has 4 aliphatic carbocycles. The van der Waals surface area contributed by atoms with Crippen LogP contribution in [0.5, 0.6) is 0 Å². The van der Waals surface area contributed by atoms with Crippen molar-refractivity contribution in [2.45, 2.75) is 33.6 Å². The van der Waals surface area contributed by atoms with Crippen molar-refractivity contribution in [2.75, 3.05) is 0 Å². The molecule has 5 unspecified atom stereocenters. The number of hydrogen-bond donors (Lipinski definition) is 1. The SMILES string of the molecule is CC1(C)C2CC3C(C(N)=O)C3C1(C)C2. The molecule has 0 spiro atoms. The van der Waals surface area contributed by atoms with Gasteiger partial charge in [0.05, 0.1) is 0 Å². The zero-order chi connectivity index (χ0) is 10.3. The zero-order valence-corrected chi connectivity index (χ0v) is 9.21. The third kappa shape index (κ3) is 0.665. The predicted octanol–water partition coefficient (Wildman–Crippen LogP) is 1.79. The molecule has 2 N–H and O–H groups in total. The molecule has 78 valence electrons. The van der Waals surface area contributed by atoms with Crippen molar-refractivity contribution in [1.82, 2.24) is 0 Å². The Kier molecular flexibility index (Phi) is 1.27. The van der Waals surface area contributed by atoms with Crippen LogP contribution in [0.3, 0.4) is 0 Å². The van der Waals surface area contributed by atoms with Gasteiger partial charge in [-0.25, -0.2) is 0 Å². The van der Waals surface area contributed by atoms with Crippen LogP contribution < -0.4 is 5.73 Å². The first kappa shape index (κ1) is 8.75. The highest BCUT2D eigenvalue weighted by Gasteiger charge is 2.75. The lowest BCUT2D eigenvalue weighted by Gasteiger charge is -2.64. The van der Waals surface area contributed by atoms with E-state index in [9.17, 15) is 4.79 Å². The van der Waals surface area contributed by atoms with Gasteiger partial charge >= 0.3 is 0 Å². The first-order chi connectivity index (χ1) is 6.39. The molecule has 0 aliphatic heterocycles. The van der Waals surface area contributed by atoms with Gasteiger partial charge in [0.15, 0.2) is 0 Å². The number of nitrogens with two attached hydrogens (primary N) is 1. The van der Waals surface area contributed by atoms with Crippen LogP contribution in [0.25, 0.3) is 0 Å². The maximum atomic E-state index is 11.3. The minimum absolute atomic E-state index is 0.0513. The highest BCUT2D eigenvalue weighted by Crippen LogP contribution is 2.79. The van der Waals surface area contributed by atoms with Gasteiger partial charge in [0, 0.05) is 5.92 Å². The van der Waals surface area contributed by atoms with Crippen LogP contribution in [0.2, 0.25) is 0 Å². The summed E-state index contributed by atoms with van der Waals surface area (Å²) in [7, 11) is 0. The fourth-order valence-corrected chi connectivity index (χ4v) is 4.56. The van der Waals surface area contributed by atoms with Crippen molar-refractivity contribution in [1.29, 1.82) is 0 Å². The van der Waals surface area contributed by atoms with E-state index in [1.807, 2.05) is 0 Å². The van der Waals surface area contributed by atoms with E-state index in [-0.39, 0.29) is 11.8 Å². The summed E-state index contributed by atoms with van der Waals surface area (Å²) < 4.78 is 0. The topological polar surface area (TPSA) is 43.1 Å². The summed E-state index contributed by atoms with van der Waals surface area (Å²) in [6.07, 6.45) is 2.58. The molecule has 2 nitrogen and oxygen atoms in total. The second-order valence-electron chi connectivity index (χ2n) is 6.39. The smallest absolute Gasteiger partial charge is 0.221 e. The lowest BCUT2D eigenvalue weighted by molar-refractivity contribution is -0.158. The standard InChI is InChI=1S/C12H19NO/c1-11(2)6-4-7-8(10(13)14)9(7)12(11,3)5-6/h6-9H,4-5H2,1-3H3,(H2,13,14). The van der Waals surface area contributed by atoms with Gasteiger partial charge in [0.2, 0.25) is 5.91 Å². The highest BCUT2D eigenvalue weighted by atomic mass is 16.1. The first-order valence-corrected chi connectivity index (χ1v) is 5.69. The summed E-state index contributed by atoms with van der Waals surface area (Å²) >= 11 is 0. The molecule has 4 saturated carbocycles. The fraction of sp³-hybridized carbons (Fsp3) is 0.917. The Bertz CT molecular complexity index is 322. The molecule has 4 rings (SSSR count). The second kappa shape index (κ2) is 2.02. The summed E-state index contributed by atoms with van der Waals surface area (Å²) in [5, 5.41) is 0. The summed E-state index contributed by atoms with van der Waals surface area (Å²) in [6, 6.07) is 0. The summed E-state index contributed by atoms with van der Waals surface area (Å²) in [4.78, 5) is 11.3. The average Bonchev–Trinajstić information content (AvgIpc) is 2.79. The van der Waals surface area contributed by atoms with Crippen LogP contribution in [-0.4, -0.2) is 5.91 Å². The Hall–Kier alpha value is -0.530.